The van der Waals surface area contributed by atoms with E-state index >= 15 is 0 Å². The largest absolute Gasteiger partial charge is 0.772 e. The number of halogens is 8. The second-order valence-corrected chi connectivity index (χ2v) is 53.8. The molecule has 5 unspecified atom stereocenters. The van der Waals surface area contributed by atoms with Gasteiger partial charge >= 0.3 is 6.18 Å². The summed E-state index contributed by atoms with van der Waals surface area (Å²) in [5.74, 6) is 1.46. The highest BCUT2D eigenvalue weighted by atomic mass is 35.5. The molecular weight excluding hydrogens is 1960 g/mol. The molecule has 5 saturated carbocycles. The molecule has 29 heteroatoms. The summed E-state index contributed by atoms with van der Waals surface area (Å²) in [4.78, 5) is 6.85. The molecule has 13 rings (SSSR count). The molecule has 16 nitrogen and oxygen atoms in total. The fraction of sp³-hybridized carbons (Fsp3) is 0.739. The Kier molecular flexibility index (Phi) is 73.5. The molecule has 8 aliphatic rings. The van der Waals surface area contributed by atoms with Gasteiger partial charge in [0.05, 0.1) is 58.6 Å². The third-order valence-electron chi connectivity index (χ3n) is 25.0. The first-order valence-corrected chi connectivity index (χ1v) is 59.1. The fourth-order valence-electron chi connectivity index (χ4n) is 15.9. The molecule has 8 fully saturated rings. The number of anilines is 3. The molecule has 3 aliphatic heterocycles. The lowest BCUT2D eigenvalue weighted by Gasteiger charge is -2.37. The highest BCUT2D eigenvalue weighted by molar-refractivity contribution is 7.81. The molecule has 144 heavy (non-hydrogen) atoms. The minimum absolute atomic E-state index is 0.120. The molecule has 3 saturated heterocycles. The van der Waals surface area contributed by atoms with Crippen LogP contribution in [0.2, 0.25) is 5.02 Å². The van der Waals surface area contributed by atoms with Crippen LogP contribution in [0, 0.1) is 59.8 Å². The summed E-state index contributed by atoms with van der Waals surface area (Å²) >= 11 is -3.31. The predicted octanol–water partition coefficient (Wildman–Crippen LogP) is 31.9. The summed E-state index contributed by atoms with van der Waals surface area (Å²) in [5.41, 5.74) is 8.35. The number of hydrogen-bond donors (Lipinski definition) is 0. The first kappa shape index (κ1) is 142. The first-order chi connectivity index (χ1) is 66.7. The molecule has 3 heterocycles. The molecule has 0 spiro atoms. The molecule has 838 valence electrons. The maximum absolute atomic E-state index is 14.0. The molecule has 5 aliphatic carbocycles. The summed E-state index contributed by atoms with van der Waals surface area (Å²) in [6.45, 7) is 66.4. The predicted molar refractivity (Wildman–Crippen MR) is 595 cm³/mol. The second-order valence-electron chi connectivity index (χ2n) is 44.9. The highest BCUT2D eigenvalue weighted by Crippen LogP contribution is 2.35. The number of rotatable bonds is 8. The van der Waals surface area contributed by atoms with Gasteiger partial charge in [-0.2, -0.15) is 13.2 Å². The third kappa shape index (κ3) is 66.5. The van der Waals surface area contributed by atoms with E-state index in [9.17, 15) is 74.5 Å². The van der Waals surface area contributed by atoms with E-state index in [1.807, 2.05) is 32.9 Å². The van der Waals surface area contributed by atoms with Gasteiger partial charge in [-0.05, 0) is 345 Å². The fourth-order valence-corrected chi connectivity index (χ4v) is 16.3. The average Bonchev–Trinajstić information content (AvgIpc) is 0.821. The highest BCUT2D eigenvalue weighted by Gasteiger charge is 2.33. The number of benzene rings is 5. The molecule has 5 aromatic carbocycles. The Balaban J connectivity index is 0. The van der Waals surface area contributed by atoms with Crippen molar-refractivity contribution in [2.24, 2.45) is 29.6 Å². The second kappa shape index (κ2) is 74.7. The van der Waals surface area contributed by atoms with Gasteiger partial charge in [-0.1, -0.05) is 290 Å². The van der Waals surface area contributed by atoms with Gasteiger partial charge in [-0.25, -0.2) is 17.6 Å². The maximum atomic E-state index is 14.0. The Hall–Kier alpha value is -4.27. The third-order valence-corrected chi connectivity index (χ3v) is 30.3. The molecule has 5 aromatic rings. The van der Waals surface area contributed by atoms with Gasteiger partial charge in [0.2, 0.25) is 0 Å². The van der Waals surface area contributed by atoms with Crippen LogP contribution < -0.4 is 14.7 Å². The van der Waals surface area contributed by atoms with E-state index in [-0.39, 0.29) is 35.8 Å². The van der Waals surface area contributed by atoms with E-state index in [4.69, 9.17) is 25.8 Å². The van der Waals surface area contributed by atoms with Crippen molar-refractivity contribution in [3.8, 4) is 0 Å². The maximum Gasteiger partial charge on any atom is 0.416 e. The van der Waals surface area contributed by atoms with E-state index in [0.717, 1.165) is 117 Å². The van der Waals surface area contributed by atoms with Crippen LogP contribution in [0.5, 0.6) is 0 Å². The van der Waals surface area contributed by atoms with Crippen LogP contribution in [0.3, 0.4) is 0 Å². The van der Waals surface area contributed by atoms with Crippen molar-refractivity contribution in [3.63, 3.8) is 0 Å². The van der Waals surface area contributed by atoms with Crippen molar-refractivity contribution in [2.75, 3.05) is 54.0 Å². The number of aryl methyl sites for hydroxylation is 6. The lowest BCUT2D eigenvalue weighted by Crippen LogP contribution is -2.45. The lowest BCUT2D eigenvalue weighted by molar-refractivity contribution is -0.138. The van der Waals surface area contributed by atoms with Crippen LogP contribution in [-0.4, -0.2) is 143 Å². The van der Waals surface area contributed by atoms with Gasteiger partial charge in [0, 0.05) is 68.7 Å². The van der Waals surface area contributed by atoms with E-state index in [0.29, 0.717) is 36.3 Å². The van der Waals surface area contributed by atoms with Crippen LogP contribution in [0.15, 0.2) is 91.0 Å². The monoisotopic (exact) mass is 2150 g/mol. The Morgan fingerprint density at radius 3 is 0.778 bits per heavy atom. The van der Waals surface area contributed by atoms with E-state index < -0.39 is 108 Å². The molecular formula is C115H194ClF7N3O13S5-5. The number of ether oxygens (including phenoxy) is 3. The number of morpholine rings is 3. The quantitative estimate of drug-likeness (QED) is 0.0797. The zero-order valence-electron chi connectivity index (χ0n) is 94.7. The standard InChI is InChI=1S/C15H23NO.C14H20ClNO.C14H20FNO.C9H9F3.C8H7F3.5C7H14.5C4H10O2S/c1-5-14-6-7-15(11(2)8-14)16-9-12(3)17-13(4)10-16;2*1-4-12-5-6-14(13(15)7-12)16-8-10(2)17-11(3)9-16;1-2-7-5-3-4-6-8(7)9(10,11)12;1-2-5-3-4-6(9)8(11)7(5)10;5*1-7-5-3-2-4-6-7;5*1-4(2,3)7(5)6/h6-8,12-13H,5,9-10H2,1-4H3;2*5-7,10-11H,4,8-9H2,1-3H3;3-6H,2H2,1H3;3-4H,2H2,1H3;5*7H,2-6H2,1H3;5*1-3H3,(H,5,6)/p-5/t12-,13+;2*10-,11+;;;;;;;;;;;;. The van der Waals surface area contributed by atoms with Gasteiger partial charge in [0.1, 0.15) is 5.82 Å². The Labute approximate surface area is 889 Å². The Morgan fingerprint density at radius 2 is 0.556 bits per heavy atom. The Bertz CT molecular complexity index is 3900. The summed E-state index contributed by atoms with van der Waals surface area (Å²) in [5, 5.41) is 0.852. The summed E-state index contributed by atoms with van der Waals surface area (Å²) in [6.07, 6.45) is 38.2. The molecule has 11 atom stereocenters. The van der Waals surface area contributed by atoms with E-state index in [1.54, 1.807) is 130 Å². The van der Waals surface area contributed by atoms with Crippen molar-refractivity contribution < 1.29 is 88.8 Å². The molecule has 0 radical (unpaired) electrons. The Morgan fingerprint density at radius 1 is 0.312 bits per heavy atom. The number of hydrogen-bond acceptors (Lipinski definition) is 16. The van der Waals surface area contributed by atoms with E-state index in [2.05, 4.69) is 134 Å². The minimum atomic E-state index is -4.22. The average molecular weight is 2160 g/mol. The lowest BCUT2D eigenvalue weighted by atomic mass is 9.91. The number of nitrogens with zero attached hydrogens (tertiary/aromatic N) is 3. The van der Waals surface area contributed by atoms with Crippen molar-refractivity contribution in [2.45, 2.75) is 481 Å². The summed E-state index contributed by atoms with van der Waals surface area (Å²) in [6, 6.07) is 26.5. The van der Waals surface area contributed by atoms with Crippen LogP contribution in [-0.2, 0) is 108 Å². The van der Waals surface area contributed by atoms with Gasteiger partial charge in [-0.15, -0.1) is 0 Å². The van der Waals surface area contributed by atoms with Crippen LogP contribution >= 0.6 is 11.6 Å². The molecule has 0 aromatic heterocycles. The topological polar surface area (TPSA) is 238 Å². The van der Waals surface area contributed by atoms with Gasteiger partial charge in [0.25, 0.3) is 0 Å². The minimum Gasteiger partial charge on any atom is -0.772 e. The summed E-state index contributed by atoms with van der Waals surface area (Å²) < 4.78 is 203. The van der Waals surface area contributed by atoms with Gasteiger partial charge in [0.15, 0.2) is 17.5 Å². The first-order valence-electron chi connectivity index (χ1n) is 53.3. The normalized spacial score (nSPS) is 20.8. The van der Waals surface area contributed by atoms with Crippen LogP contribution in [0.25, 0.3) is 0 Å². The number of alkyl halides is 3. The summed E-state index contributed by atoms with van der Waals surface area (Å²) in [7, 11) is 0. The molecule has 0 bridgehead atoms. The van der Waals surface area contributed by atoms with Crippen LogP contribution in [0.4, 0.5) is 47.8 Å². The molecule has 0 amide bonds. The van der Waals surface area contributed by atoms with Gasteiger partial charge < -0.3 is 51.7 Å². The molecule has 0 N–H and O–H groups in total. The van der Waals surface area contributed by atoms with Gasteiger partial charge in [-0.3, -0.25) is 21.0 Å². The van der Waals surface area contributed by atoms with Crippen LogP contribution in [0.1, 0.15) is 414 Å². The van der Waals surface area contributed by atoms with Crippen molar-refractivity contribution in [1.82, 2.24) is 0 Å². The van der Waals surface area contributed by atoms with Crippen molar-refractivity contribution >= 4 is 84.1 Å². The van der Waals surface area contributed by atoms with Crippen molar-refractivity contribution in [3.05, 3.63) is 158 Å². The van der Waals surface area contributed by atoms with Crippen molar-refractivity contribution in [1.29, 1.82) is 0 Å². The van der Waals surface area contributed by atoms with E-state index in [1.165, 1.54) is 201 Å². The smallest absolute Gasteiger partial charge is 0.416 e. The zero-order chi connectivity index (χ0) is 111. The SMILES string of the molecule is CC(C)(C)S(=O)[O-].CC(C)(C)S(=O)[O-].CC(C)(C)S(=O)[O-].CC(C)(C)S(=O)[O-].CC(C)(C)S(=O)[O-].CC1CCCCC1.CC1CCCCC1.CC1CCCCC1.CC1CCCCC1.CC1CCCCC1.CCc1ccc(F)c(F)c1F.CCc1ccc(N2C[C@@H](C)O[C@@H](C)C2)c(C)c1.CCc1ccc(N2C[C@@H](C)O[C@@H](C)C2)c(Cl)c1.CCc1ccc(N2C[C@@H](C)O[C@@H](C)C2)c(F)c1.CCc1ccccc1C(F)(F)F. The zero-order valence-corrected chi connectivity index (χ0v) is 99.5.